The molecule has 1 aromatic heterocycles. The standard InChI is InChI=1S/C19H20ClNO3S/c1-12(13-6-4-7-15(20)9-13)21-18(22)11-24-19(23)17-10-14-5-2-3-8-16(14)25-17/h4,6-7,9-10,12H,2-3,5,8,11H2,1H3,(H,21,22)/t12-/m1/s1. The second-order valence-corrected chi connectivity index (χ2v) is 7.76. The van der Waals surface area contributed by atoms with Crippen LogP contribution in [0.4, 0.5) is 0 Å². The van der Waals surface area contributed by atoms with Gasteiger partial charge >= 0.3 is 5.97 Å². The lowest BCUT2D eigenvalue weighted by molar-refractivity contribution is -0.124. The fraction of sp³-hybridized carbons (Fsp3) is 0.368. The monoisotopic (exact) mass is 377 g/mol. The Morgan fingerprint density at radius 1 is 1.28 bits per heavy atom. The number of carbonyl (C=O) groups excluding carboxylic acids is 2. The number of halogens is 1. The van der Waals surface area contributed by atoms with Crippen LogP contribution in [-0.2, 0) is 22.4 Å². The third-order valence-corrected chi connectivity index (χ3v) is 5.71. The molecule has 1 atom stereocenters. The Morgan fingerprint density at radius 2 is 2.08 bits per heavy atom. The van der Waals surface area contributed by atoms with Crippen molar-refractivity contribution in [3.63, 3.8) is 0 Å². The van der Waals surface area contributed by atoms with Crippen LogP contribution in [0.2, 0.25) is 5.02 Å². The van der Waals surface area contributed by atoms with Crippen LogP contribution >= 0.6 is 22.9 Å². The predicted molar refractivity (Wildman–Crippen MR) is 99.3 cm³/mol. The topological polar surface area (TPSA) is 55.4 Å². The molecule has 25 heavy (non-hydrogen) atoms. The highest BCUT2D eigenvalue weighted by Crippen LogP contribution is 2.30. The first-order valence-corrected chi connectivity index (χ1v) is 9.56. The number of ether oxygens (including phenoxy) is 1. The Balaban J connectivity index is 1.51. The molecule has 0 unspecified atom stereocenters. The molecule has 0 aliphatic heterocycles. The molecule has 3 rings (SSSR count). The highest BCUT2D eigenvalue weighted by molar-refractivity contribution is 7.14. The van der Waals surface area contributed by atoms with E-state index in [0.29, 0.717) is 9.90 Å². The molecule has 1 N–H and O–H groups in total. The number of carbonyl (C=O) groups is 2. The number of esters is 1. The SMILES string of the molecule is C[C@@H](NC(=O)COC(=O)c1cc2c(s1)CCCC2)c1cccc(Cl)c1. The molecule has 2 aromatic rings. The maximum Gasteiger partial charge on any atom is 0.348 e. The second-order valence-electron chi connectivity index (χ2n) is 6.19. The average Bonchev–Trinajstić information content (AvgIpc) is 3.04. The number of thiophene rings is 1. The van der Waals surface area contributed by atoms with Crippen molar-refractivity contribution in [2.45, 2.75) is 38.6 Å². The Morgan fingerprint density at radius 3 is 2.84 bits per heavy atom. The molecule has 0 bridgehead atoms. The van der Waals surface area contributed by atoms with Crippen LogP contribution in [0.1, 0.15) is 51.5 Å². The Labute approximate surface area is 156 Å². The van der Waals surface area contributed by atoms with Crippen molar-refractivity contribution in [2.24, 2.45) is 0 Å². The summed E-state index contributed by atoms with van der Waals surface area (Å²) in [5.41, 5.74) is 2.15. The van der Waals surface area contributed by atoms with Crippen LogP contribution in [0.25, 0.3) is 0 Å². The van der Waals surface area contributed by atoms with Crippen LogP contribution < -0.4 is 5.32 Å². The van der Waals surface area contributed by atoms with Crippen molar-refractivity contribution in [2.75, 3.05) is 6.61 Å². The quantitative estimate of drug-likeness (QED) is 0.789. The molecule has 1 aliphatic rings. The minimum Gasteiger partial charge on any atom is -0.451 e. The van der Waals surface area contributed by atoms with Gasteiger partial charge in [-0.1, -0.05) is 23.7 Å². The summed E-state index contributed by atoms with van der Waals surface area (Å²) in [6, 6.07) is 9.00. The van der Waals surface area contributed by atoms with Gasteiger partial charge < -0.3 is 10.1 Å². The first kappa shape index (κ1) is 18.0. The molecule has 0 saturated heterocycles. The van der Waals surface area contributed by atoms with Crippen molar-refractivity contribution >= 4 is 34.8 Å². The number of benzene rings is 1. The van der Waals surface area contributed by atoms with Crippen LogP contribution in [0.15, 0.2) is 30.3 Å². The summed E-state index contributed by atoms with van der Waals surface area (Å²) < 4.78 is 5.16. The number of hydrogen-bond acceptors (Lipinski definition) is 4. The molecular weight excluding hydrogens is 358 g/mol. The number of amides is 1. The smallest absolute Gasteiger partial charge is 0.348 e. The molecule has 0 fully saturated rings. The summed E-state index contributed by atoms with van der Waals surface area (Å²) in [5.74, 6) is -0.757. The fourth-order valence-electron chi connectivity index (χ4n) is 2.94. The van der Waals surface area contributed by atoms with Gasteiger partial charge in [0, 0.05) is 9.90 Å². The Kier molecular flexibility index (Phi) is 5.76. The molecule has 1 aliphatic carbocycles. The van der Waals surface area contributed by atoms with E-state index in [4.69, 9.17) is 16.3 Å². The van der Waals surface area contributed by atoms with Crippen molar-refractivity contribution in [3.8, 4) is 0 Å². The first-order valence-electron chi connectivity index (χ1n) is 8.36. The maximum absolute atomic E-state index is 12.2. The Bertz CT molecular complexity index is 763. The zero-order chi connectivity index (χ0) is 17.8. The summed E-state index contributed by atoms with van der Waals surface area (Å²) in [6.45, 7) is 1.57. The minimum absolute atomic E-state index is 0.209. The molecule has 0 saturated carbocycles. The molecule has 1 amide bonds. The van der Waals surface area contributed by atoms with Gasteiger partial charge in [-0.15, -0.1) is 11.3 Å². The zero-order valence-electron chi connectivity index (χ0n) is 14.0. The number of hydrogen-bond donors (Lipinski definition) is 1. The van der Waals surface area contributed by atoms with Gasteiger partial charge in [0.1, 0.15) is 4.88 Å². The lowest BCUT2D eigenvalue weighted by Gasteiger charge is -2.14. The summed E-state index contributed by atoms with van der Waals surface area (Å²) in [7, 11) is 0. The van der Waals surface area contributed by atoms with Gasteiger partial charge in [0.2, 0.25) is 0 Å². The number of nitrogens with one attached hydrogen (secondary N) is 1. The van der Waals surface area contributed by atoms with Gasteiger partial charge in [0.15, 0.2) is 6.61 Å². The first-order chi connectivity index (χ1) is 12.0. The molecular formula is C19H20ClNO3S. The van der Waals surface area contributed by atoms with Gasteiger partial charge in [0.05, 0.1) is 6.04 Å². The third kappa shape index (κ3) is 4.61. The van der Waals surface area contributed by atoms with Gasteiger partial charge in [-0.2, -0.15) is 0 Å². The Hall–Kier alpha value is -1.85. The van der Waals surface area contributed by atoms with Crippen molar-refractivity contribution < 1.29 is 14.3 Å². The van der Waals surface area contributed by atoms with Gasteiger partial charge in [-0.25, -0.2) is 4.79 Å². The van der Waals surface area contributed by atoms with E-state index in [9.17, 15) is 9.59 Å². The number of rotatable bonds is 5. The molecule has 0 spiro atoms. The molecule has 6 heteroatoms. The molecule has 1 aromatic carbocycles. The molecule has 1 heterocycles. The highest BCUT2D eigenvalue weighted by Gasteiger charge is 2.19. The minimum atomic E-state index is -0.426. The van der Waals surface area contributed by atoms with Crippen LogP contribution in [0.5, 0.6) is 0 Å². The maximum atomic E-state index is 12.2. The van der Waals surface area contributed by atoms with Gasteiger partial charge in [-0.05, 0) is 61.9 Å². The van der Waals surface area contributed by atoms with Crippen LogP contribution in [0, 0.1) is 0 Å². The fourth-order valence-corrected chi connectivity index (χ4v) is 4.28. The number of fused-ring (bicyclic) bond motifs is 1. The number of aryl methyl sites for hydroxylation is 2. The lowest BCUT2D eigenvalue weighted by Crippen LogP contribution is -2.31. The van der Waals surface area contributed by atoms with Crippen molar-refractivity contribution in [1.29, 1.82) is 0 Å². The summed E-state index contributed by atoms with van der Waals surface area (Å²) >= 11 is 7.44. The van der Waals surface area contributed by atoms with E-state index in [1.807, 2.05) is 25.1 Å². The van der Waals surface area contributed by atoms with Crippen LogP contribution in [-0.4, -0.2) is 18.5 Å². The van der Waals surface area contributed by atoms with E-state index >= 15 is 0 Å². The lowest BCUT2D eigenvalue weighted by atomic mass is 9.99. The molecule has 4 nitrogen and oxygen atoms in total. The average molecular weight is 378 g/mol. The van der Waals surface area contributed by atoms with E-state index in [1.54, 1.807) is 12.1 Å². The summed E-state index contributed by atoms with van der Waals surface area (Å²) in [6.07, 6.45) is 4.40. The van der Waals surface area contributed by atoms with Gasteiger partial charge in [0.25, 0.3) is 5.91 Å². The second kappa shape index (κ2) is 8.02. The van der Waals surface area contributed by atoms with Crippen molar-refractivity contribution in [3.05, 3.63) is 56.2 Å². The predicted octanol–water partition coefficient (Wildman–Crippen LogP) is 4.31. The van der Waals surface area contributed by atoms with Gasteiger partial charge in [-0.3, -0.25) is 4.79 Å². The summed E-state index contributed by atoms with van der Waals surface area (Å²) in [4.78, 5) is 26.0. The molecule has 132 valence electrons. The molecule has 0 radical (unpaired) electrons. The third-order valence-electron chi connectivity index (χ3n) is 4.26. The normalized spacial score (nSPS) is 14.5. The van der Waals surface area contributed by atoms with E-state index in [1.165, 1.54) is 34.6 Å². The van der Waals surface area contributed by atoms with E-state index in [2.05, 4.69) is 5.32 Å². The summed E-state index contributed by atoms with van der Waals surface area (Å²) in [5, 5.41) is 3.43. The zero-order valence-corrected chi connectivity index (χ0v) is 15.6. The van der Waals surface area contributed by atoms with Crippen molar-refractivity contribution in [1.82, 2.24) is 5.32 Å². The van der Waals surface area contributed by atoms with E-state index in [0.717, 1.165) is 18.4 Å². The van der Waals surface area contributed by atoms with E-state index < -0.39 is 5.97 Å². The van der Waals surface area contributed by atoms with E-state index in [-0.39, 0.29) is 18.6 Å². The highest BCUT2D eigenvalue weighted by atomic mass is 35.5. The largest absolute Gasteiger partial charge is 0.451 e. The van der Waals surface area contributed by atoms with Crippen LogP contribution in [0.3, 0.4) is 0 Å².